The Morgan fingerprint density at radius 3 is 2.54 bits per heavy atom. The Hall–Kier alpha value is -0.630. The molecule has 0 spiro atoms. The molecule has 0 radical (unpaired) electrons. The van der Waals surface area contributed by atoms with E-state index >= 15 is 0 Å². The third kappa shape index (κ3) is 4.43. The number of carbonyl (C=O) groups excluding carboxylic acids is 1. The molecule has 1 saturated carbocycles. The molecular formula is C19H19Br2NO2S2. The number of amides is 1. The first-order valence-electron chi connectivity index (χ1n) is 8.51. The average molecular weight is 517 g/mol. The van der Waals surface area contributed by atoms with E-state index < -0.39 is 0 Å². The zero-order valence-corrected chi connectivity index (χ0v) is 19.0. The highest BCUT2D eigenvalue weighted by molar-refractivity contribution is 9.11. The summed E-state index contributed by atoms with van der Waals surface area (Å²) in [5.74, 6) is 0.753. The third-order valence-corrected chi connectivity index (χ3v) is 6.94. The summed E-state index contributed by atoms with van der Waals surface area (Å²) in [7, 11) is 0. The summed E-state index contributed by atoms with van der Waals surface area (Å²) in [6.07, 6.45) is 9.29. The molecule has 138 valence electrons. The maximum absolute atomic E-state index is 12.9. The van der Waals surface area contributed by atoms with Crippen LogP contribution in [0.2, 0.25) is 0 Å². The first-order chi connectivity index (χ1) is 12.5. The summed E-state index contributed by atoms with van der Waals surface area (Å²) in [5.41, 5.74) is 0.916. The van der Waals surface area contributed by atoms with Crippen LogP contribution >= 0.6 is 55.8 Å². The second kappa shape index (κ2) is 9.04. The van der Waals surface area contributed by atoms with Gasteiger partial charge in [-0.15, -0.1) is 0 Å². The Morgan fingerprint density at radius 1 is 1.27 bits per heavy atom. The standard InChI is InChI=1S/C19H19Br2NO2S2/c1-2-8-24-17-14(20)9-12(10-15(17)21)11-16-18(23)22(19(25)26-16)13-6-4-3-5-7-13/h2,9-11,13H,1,3-8H2/b16-11+. The van der Waals surface area contributed by atoms with Crippen LogP contribution in [0.5, 0.6) is 5.75 Å². The lowest BCUT2D eigenvalue weighted by Crippen LogP contribution is -2.39. The van der Waals surface area contributed by atoms with Crippen LogP contribution < -0.4 is 4.74 Å². The van der Waals surface area contributed by atoms with E-state index in [1.165, 1.54) is 31.0 Å². The smallest absolute Gasteiger partial charge is 0.266 e. The van der Waals surface area contributed by atoms with Gasteiger partial charge < -0.3 is 4.74 Å². The quantitative estimate of drug-likeness (QED) is 0.260. The molecule has 0 N–H and O–H groups in total. The molecule has 7 heteroatoms. The molecule has 1 aliphatic heterocycles. The Balaban J connectivity index is 1.82. The second-order valence-electron chi connectivity index (χ2n) is 6.26. The Bertz CT molecular complexity index is 750. The van der Waals surface area contributed by atoms with Crippen molar-refractivity contribution in [2.24, 2.45) is 0 Å². The maximum Gasteiger partial charge on any atom is 0.266 e. The van der Waals surface area contributed by atoms with Crippen LogP contribution in [0.25, 0.3) is 6.08 Å². The minimum absolute atomic E-state index is 0.0335. The van der Waals surface area contributed by atoms with Gasteiger partial charge in [-0.25, -0.2) is 0 Å². The minimum Gasteiger partial charge on any atom is -0.487 e. The molecule has 0 aromatic heterocycles. The van der Waals surface area contributed by atoms with Crippen LogP contribution in [0.3, 0.4) is 0 Å². The van der Waals surface area contributed by atoms with E-state index in [0.29, 0.717) is 15.8 Å². The molecule has 1 aromatic carbocycles. The van der Waals surface area contributed by atoms with Crippen molar-refractivity contribution in [1.82, 2.24) is 4.90 Å². The summed E-state index contributed by atoms with van der Waals surface area (Å²) in [4.78, 5) is 15.4. The number of thiocarbonyl (C=S) groups is 1. The van der Waals surface area contributed by atoms with E-state index in [9.17, 15) is 4.79 Å². The Labute approximate surface area is 180 Å². The molecular weight excluding hydrogens is 498 g/mol. The molecule has 3 rings (SSSR count). The number of rotatable bonds is 5. The largest absolute Gasteiger partial charge is 0.487 e. The zero-order valence-electron chi connectivity index (χ0n) is 14.2. The minimum atomic E-state index is 0.0335. The SMILES string of the molecule is C=CCOc1c(Br)cc(/C=C2/SC(=S)N(C3CCCCC3)C2=O)cc1Br. The van der Waals surface area contributed by atoms with Crippen molar-refractivity contribution in [3.05, 3.63) is 44.2 Å². The van der Waals surface area contributed by atoms with Gasteiger partial charge in [-0.1, -0.05) is 55.9 Å². The Morgan fingerprint density at radius 2 is 1.92 bits per heavy atom. The van der Waals surface area contributed by atoms with Crippen LogP contribution in [0.1, 0.15) is 37.7 Å². The van der Waals surface area contributed by atoms with Crippen LogP contribution in [-0.4, -0.2) is 27.8 Å². The maximum atomic E-state index is 12.9. The second-order valence-corrected chi connectivity index (χ2v) is 9.64. The van der Waals surface area contributed by atoms with E-state index in [-0.39, 0.29) is 11.9 Å². The first-order valence-corrected chi connectivity index (χ1v) is 11.3. The number of nitrogens with zero attached hydrogens (tertiary/aromatic N) is 1. The molecule has 1 aliphatic carbocycles. The van der Waals surface area contributed by atoms with Gasteiger partial charge in [0, 0.05) is 6.04 Å². The molecule has 0 atom stereocenters. The molecule has 2 aliphatic rings. The van der Waals surface area contributed by atoms with Crippen molar-refractivity contribution >= 4 is 72.1 Å². The lowest BCUT2D eigenvalue weighted by Gasteiger charge is -2.29. The van der Waals surface area contributed by atoms with Crippen molar-refractivity contribution < 1.29 is 9.53 Å². The molecule has 1 aromatic rings. The molecule has 2 fully saturated rings. The molecule has 1 heterocycles. The molecule has 0 bridgehead atoms. The average Bonchev–Trinajstić information content (AvgIpc) is 2.88. The number of ether oxygens (including phenoxy) is 1. The Kier molecular flexibility index (Phi) is 6.99. The number of hydrogen-bond donors (Lipinski definition) is 0. The topological polar surface area (TPSA) is 29.5 Å². The van der Waals surface area contributed by atoms with E-state index in [4.69, 9.17) is 17.0 Å². The summed E-state index contributed by atoms with van der Waals surface area (Å²) in [6, 6.07) is 4.14. The highest BCUT2D eigenvalue weighted by Crippen LogP contribution is 2.39. The summed E-state index contributed by atoms with van der Waals surface area (Å²) < 4.78 is 7.96. The van der Waals surface area contributed by atoms with Crippen molar-refractivity contribution in [3.8, 4) is 5.75 Å². The number of carbonyl (C=O) groups is 1. The van der Waals surface area contributed by atoms with E-state index in [1.54, 1.807) is 6.08 Å². The summed E-state index contributed by atoms with van der Waals surface area (Å²) in [5, 5.41) is 0. The lowest BCUT2D eigenvalue weighted by molar-refractivity contribution is -0.124. The van der Waals surface area contributed by atoms with Crippen molar-refractivity contribution in [3.63, 3.8) is 0 Å². The normalized spacial score (nSPS) is 20.1. The predicted molar refractivity (Wildman–Crippen MR) is 119 cm³/mol. The molecule has 1 amide bonds. The van der Waals surface area contributed by atoms with Gasteiger partial charge in [0.1, 0.15) is 16.7 Å². The number of benzene rings is 1. The van der Waals surface area contributed by atoms with Gasteiger partial charge in [-0.05, 0) is 68.5 Å². The molecule has 1 saturated heterocycles. The molecule has 3 nitrogen and oxygen atoms in total. The van der Waals surface area contributed by atoms with Crippen LogP contribution in [0.15, 0.2) is 38.6 Å². The lowest BCUT2D eigenvalue weighted by atomic mass is 9.94. The van der Waals surface area contributed by atoms with Gasteiger partial charge in [0.25, 0.3) is 5.91 Å². The van der Waals surface area contributed by atoms with E-state index in [1.807, 2.05) is 23.1 Å². The fourth-order valence-electron chi connectivity index (χ4n) is 3.23. The van der Waals surface area contributed by atoms with Crippen molar-refractivity contribution in [1.29, 1.82) is 0 Å². The van der Waals surface area contributed by atoms with Gasteiger partial charge in [0.15, 0.2) is 0 Å². The predicted octanol–water partition coefficient (Wildman–Crippen LogP) is 6.31. The summed E-state index contributed by atoms with van der Waals surface area (Å²) in [6.45, 7) is 4.09. The highest BCUT2D eigenvalue weighted by atomic mass is 79.9. The molecule has 26 heavy (non-hydrogen) atoms. The molecule has 0 unspecified atom stereocenters. The van der Waals surface area contributed by atoms with Crippen molar-refractivity contribution in [2.75, 3.05) is 6.61 Å². The van der Waals surface area contributed by atoms with E-state index in [2.05, 4.69) is 38.4 Å². The van der Waals surface area contributed by atoms with Gasteiger partial charge in [0.2, 0.25) is 0 Å². The summed E-state index contributed by atoms with van der Waals surface area (Å²) >= 11 is 13.9. The van der Waals surface area contributed by atoms with Gasteiger partial charge >= 0.3 is 0 Å². The number of hydrogen-bond acceptors (Lipinski definition) is 4. The van der Waals surface area contributed by atoms with E-state index in [0.717, 1.165) is 33.1 Å². The number of thioether (sulfide) groups is 1. The van der Waals surface area contributed by atoms with Crippen LogP contribution in [-0.2, 0) is 4.79 Å². The zero-order chi connectivity index (χ0) is 18.7. The number of halogens is 2. The van der Waals surface area contributed by atoms with Crippen LogP contribution in [0, 0.1) is 0 Å². The fraction of sp³-hybridized carbons (Fsp3) is 0.368. The van der Waals surface area contributed by atoms with Gasteiger partial charge in [-0.2, -0.15) is 0 Å². The first kappa shape index (κ1) is 20.1. The van der Waals surface area contributed by atoms with Crippen LogP contribution in [0.4, 0.5) is 0 Å². The van der Waals surface area contributed by atoms with Gasteiger partial charge in [-0.3, -0.25) is 9.69 Å². The van der Waals surface area contributed by atoms with Gasteiger partial charge in [0.05, 0.1) is 13.9 Å². The fourth-order valence-corrected chi connectivity index (χ4v) is 6.08. The monoisotopic (exact) mass is 515 g/mol. The highest BCUT2D eigenvalue weighted by Gasteiger charge is 2.37. The third-order valence-electron chi connectivity index (χ3n) is 4.43. The van der Waals surface area contributed by atoms with Crippen molar-refractivity contribution in [2.45, 2.75) is 38.1 Å².